The molecule has 1 amide bonds. The van der Waals surface area contributed by atoms with Gasteiger partial charge >= 0.3 is 0 Å². The molecule has 2 unspecified atom stereocenters. The van der Waals surface area contributed by atoms with Gasteiger partial charge in [-0.15, -0.1) is 12.4 Å². The largest absolute Gasteiger partial charge is 0.378 e. The fourth-order valence-electron chi connectivity index (χ4n) is 3.12. The lowest BCUT2D eigenvalue weighted by Crippen LogP contribution is -2.75. The third kappa shape index (κ3) is 3.73. The van der Waals surface area contributed by atoms with Gasteiger partial charge in [0.25, 0.3) is 0 Å². The van der Waals surface area contributed by atoms with Gasteiger partial charge in [-0.1, -0.05) is 41.9 Å². The molecular formula is C17H26BrClN2O2. The molecule has 0 bridgehead atoms. The number of benzene rings is 1. The predicted octanol–water partition coefficient (Wildman–Crippen LogP) is 3.36. The number of carbonyl (C=O) groups is 1. The molecule has 1 aromatic rings. The number of hydrogen-bond acceptors (Lipinski definition) is 3. The Bertz CT molecular complexity index is 567. The lowest BCUT2D eigenvalue weighted by Gasteiger charge is -2.58. The summed E-state index contributed by atoms with van der Waals surface area (Å²) in [5.41, 5.74) is 6.32. The molecule has 1 aromatic carbocycles. The van der Waals surface area contributed by atoms with Crippen molar-refractivity contribution in [2.24, 2.45) is 11.1 Å². The van der Waals surface area contributed by atoms with Crippen molar-refractivity contribution >= 4 is 34.2 Å². The quantitative estimate of drug-likeness (QED) is 0.817. The minimum absolute atomic E-state index is 0. The third-order valence-electron chi connectivity index (χ3n) is 4.87. The second-order valence-electron chi connectivity index (χ2n) is 6.63. The van der Waals surface area contributed by atoms with E-state index in [4.69, 9.17) is 10.5 Å². The first-order valence-electron chi connectivity index (χ1n) is 7.63. The van der Waals surface area contributed by atoms with Crippen molar-refractivity contribution in [3.8, 4) is 0 Å². The van der Waals surface area contributed by atoms with Gasteiger partial charge in [0.2, 0.25) is 5.91 Å². The van der Waals surface area contributed by atoms with Crippen molar-refractivity contribution in [3.05, 3.63) is 34.3 Å². The van der Waals surface area contributed by atoms with Crippen LogP contribution in [0.25, 0.3) is 0 Å². The monoisotopic (exact) mass is 404 g/mol. The van der Waals surface area contributed by atoms with E-state index in [1.807, 2.05) is 52.1 Å². The Hall–Kier alpha value is -0.620. The number of ether oxygens (including phenoxy) is 1. The molecule has 1 aliphatic carbocycles. The number of carbonyl (C=O) groups excluding carboxylic acids is 1. The molecule has 0 aliphatic heterocycles. The van der Waals surface area contributed by atoms with Crippen LogP contribution < -0.4 is 5.73 Å². The van der Waals surface area contributed by atoms with Crippen molar-refractivity contribution in [3.63, 3.8) is 0 Å². The number of likely N-dealkylation sites (N-methyl/N-ethyl adjacent to an activating group) is 1. The van der Waals surface area contributed by atoms with Crippen molar-refractivity contribution in [2.75, 3.05) is 13.7 Å². The van der Waals surface area contributed by atoms with Crippen molar-refractivity contribution in [1.82, 2.24) is 4.90 Å². The Morgan fingerprint density at radius 2 is 2.13 bits per heavy atom. The number of amides is 1. The van der Waals surface area contributed by atoms with E-state index in [-0.39, 0.29) is 29.8 Å². The molecule has 0 aromatic heterocycles. The number of rotatable bonds is 5. The van der Waals surface area contributed by atoms with Crippen molar-refractivity contribution < 1.29 is 9.53 Å². The van der Waals surface area contributed by atoms with E-state index in [2.05, 4.69) is 15.9 Å². The summed E-state index contributed by atoms with van der Waals surface area (Å²) in [5, 5.41) is 0. The summed E-state index contributed by atoms with van der Waals surface area (Å²) in [6.07, 6.45) is 0.626. The van der Waals surface area contributed by atoms with Crippen LogP contribution in [-0.4, -0.2) is 36.1 Å². The van der Waals surface area contributed by atoms with Crippen LogP contribution in [0.4, 0.5) is 0 Å². The van der Waals surface area contributed by atoms with Crippen LogP contribution in [0.5, 0.6) is 0 Å². The van der Waals surface area contributed by atoms with Gasteiger partial charge in [-0.05, 0) is 24.6 Å². The average molecular weight is 406 g/mol. The van der Waals surface area contributed by atoms with Crippen LogP contribution in [0.3, 0.4) is 0 Å². The normalized spacial score (nSPS) is 25.2. The molecule has 23 heavy (non-hydrogen) atoms. The van der Waals surface area contributed by atoms with Gasteiger partial charge in [0.1, 0.15) is 5.54 Å². The van der Waals surface area contributed by atoms with E-state index in [1.165, 1.54) is 0 Å². The van der Waals surface area contributed by atoms with Crippen molar-refractivity contribution in [1.29, 1.82) is 0 Å². The number of hydrogen-bond donors (Lipinski definition) is 1. The Morgan fingerprint density at radius 3 is 2.65 bits per heavy atom. The van der Waals surface area contributed by atoms with Crippen LogP contribution in [0, 0.1) is 5.41 Å². The summed E-state index contributed by atoms with van der Waals surface area (Å²) in [6, 6.07) is 7.96. The summed E-state index contributed by atoms with van der Waals surface area (Å²) in [6.45, 7) is 7.19. The van der Waals surface area contributed by atoms with Gasteiger partial charge in [0, 0.05) is 36.5 Å². The molecule has 130 valence electrons. The Kier molecular flexibility index (Phi) is 6.67. The molecule has 0 heterocycles. The molecule has 1 fully saturated rings. The van der Waals surface area contributed by atoms with E-state index in [0.717, 1.165) is 10.0 Å². The molecule has 2 rings (SSSR count). The van der Waals surface area contributed by atoms with Crippen LogP contribution >= 0.6 is 28.3 Å². The van der Waals surface area contributed by atoms with E-state index in [0.29, 0.717) is 19.6 Å². The molecule has 1 aliphatic rings. The second-order valence-corrected chi connectivity index (χ2v) is 7.55. The van der Waals surface area contributed by atoms with Crippen molar-refractivity contribution in [2.45, 2.75) is 45.4 Å². The molecule has 1 saturated carbocycles. The van der Waals surface area contributed by atoms with Crippen LogP contribution in [-0.2, 0) is 16.1 Å². The molecular weight excluding hydrogens is 380 g/mol. The van der Waals surface area contributed by atoms with Gasteiger partial charge in [-0.3, -0.25) is 4.79 Å². The first kappa shape index (κ1) is 20.4. The molecule has 2 N–H and O–H groups in total. The smallest absolute Gasteiger partial charge is 0.243 e. The Morgan fingerprint density at radius 1 is 1.48 bits per heavy atom. The van der Waals surface area contributed by atoms with Gasteiger partial charge in [-0.25, -0.2) is 0 Å². The van der Waals surface area contributed by atoms with Gasteiger partial charge in [0.05, 0.1) is 6.10 Å². The van der Waals surface area contributed by atoms with Gasteiger partial charge in [0.15, 0.2) is 0 Å². The van der Waals surface area contributed by atoms with E-state index >= 15 is 0 Å². The summed E-state index contributed by atoms with van der Waals surface area (Å²) in [7, 11) is 1.81. The zero-order valence-electron chi connectivity index (χ0n) is 14.1. The molecule has 0 radical (unpaired) electrons. The van der Waals surface area contributed by atoms with Gasteiger partial charge in [-0.2, -0.15) is 0 Å². The average Bonchev–Trinajstić information content (AvgIpc) is 2.46. The predicted molar refractivity (Wildman–Crippen MR) is 98.6 cm³/mol. The number of nitrogens with zero attached hydrogens (tertiary/aromatic N) is 1. The molecule has 4 nitrogen and oxygen atoms in total. The summed E-state index contributed by atoms with van der Waals surface area (Å²) in [5.74, 6) is -0.0200. The fraction of sp³-hybridized carbons (Fsp3) is 0.588. The number of nitrogens with two attached hydrogens (primary N) is 1. The summed E-state index contributed by atoms with van der Waals surface area (Å²) in [4.78, 5) is 14.5. The maximum Gasteiger partial charge on any atom is 0.243 e. The lowest BCUT2D eigenvalue weighted by atomic mass is 9.54. The summed E-state index contributed by atoms with van der Waals surface area (Å²) < 4.78 is 6.70. The Balaban J connectivity index is 0.00000264. The van der Waals surface area contributed by atoms with Crippen LogP contribution in [0.2, 0.25) is 0 Å². The second kappa shape index (κ2) is 7.51. The minimum atomic E-state index is -0.854. The zero-order valence-corrected chi connectivity index (χ0v) is 16.5. The molecule has 2 atom stereocenters. The Labute approximate surface area is 153 Å². The van der Waals surface area contributed by atoms with E-state index in [9.17, 15) is 4.79 Å². The van der Waals surface area contributed by atoms with E-state index in [1.54, 1.807) is 4.90 Å². The van der Waals surface area contributed by atoms with Crippen LogP contribution in [0.15, 0.2) is 28.7 Å². The highest BCUT2D eigenvalue weighted by atomic mass is 79.9. The highest BCUT2D eigenvalue weighted by molar-refractivity contribution is 9.10. The number of halogens is 2. The van der Waals surface area contributed by atoms with Gasteiger partial charge < -0.3 is 15.4 Å². The molecule has 6 heteroatoms. The van der Waals surface area contributed by atoms with Crippen LogP contribution in [0.1, 0.15) is 32.8 Å². The standard InChI is InChI=1S/C17H25BrN2O2.ClH/c1-5-22-14-10-17(19,16(14,2)3)15(21)20(4)11-12-7-6-8-13(18)9-12;/h6-9,14H,5,10-11,19H2,1-4H3;1H. The SMILES string of the molecule is CCOC1CC(N)(C(=O)N(C)Cc2cccc(Br)c2)C1(C)C.Cl. The minimum Gasteiger partial charge on any atom is -0.378 e. The fourth-order valence-corrected chi connectivity index (χ4v) is 3.57. The highest BCUT2D eigenvalue weighted by Gasteiger charge is 2.63. The zero-order chi connectivity index (χ0) is 16.5. The maximum atomic E-state index is 12.8. The molecule has 0 saturated heterocycles. The third-order valence-corrected chi connectivity index (χ3v) is 5.36. The first-order chi connectivity index (χ1) is 10.2. The first-order valence-corrected chi connectivity index (χ1v) is 8.42. The van der Waals surface area contributed by atoms with E-state index < -0.39 is 5.54 Å². The maximum absolute atomic E-state index is 12.8. The lowest BCUT2D eigenvalue weighted by molar-refractivity contribution is -0.178. The molecule has 0 spiro atoms. The highest BCUT2D eigenvalue weighted by Crippen LogP contribution is 2.50. The summed E-state index contributed by atoms with van der Waals surface area (Å²) >= 11 is 3.45. The topological polar surface area (TPSA) is 55.6 Å².